The molecule has 0 saturated carbocycles. The van der Waals surface area contributed by atoms with Crippen LogP contribution in [0.4, 0.5) is 15.3 Å². The Morgan fingerprint density at radius 1 is 0.833 bits per heavy atom. The molecule has 2 rings (SSSR count). The minimum atomic E-state index is -1.49. The Morgan fingerprint density at radius 3 is 1.98 bits per heavy atom. The predicted octanol–water partition coefficient (Wildman–Crippen LogP) is 0.672. The molecule has 4 unspecified atom stereocenters. The number of nitrogens with zero attached hydrogens (tertiary/aromatic N) is 1. The number of hydrogen-bond donors (Lipinski definition) is 7. The summed E-state index contributed by atoms with van der Waals surface area (Å²) >= 11 is 0. The summed E-state index contributed by atoms with van der Waals surface area (Å²) in [6.07, 6.45) is -0.0779. The molecule has 296 valence electrons. The van der Waals surface area contributed by atoms with Crippen molar-refractivity contribution < 1.29 is 57.7 Å². The number of carboxylic acid groups (broad SMARTS) is 1. The number of aliphatic carboxylic acids is 1. The molecule has 1 aromatic rings. The second-order valence-electron chi connectivity index (χ2n) is 13.0. The largest absolute Gasteiger partial charge is 0.508 e. The Labute approximate surface area is 312 Å². The molecule has 0 saturated heterocycles. The molecule has 19 nitrogen and oxygen atoms in total. The summed E-state index contributed by atoms with van der Waals surface area (Å²) in [5.74, 6) is -5.78. The first-order chi connectivity index (χ1) is 25.4. The zero-order valence-corrected chi connectivity index (χ0v) is 30.8. The number of nitrogens with two attached hydrogens (primary N) is 1. The lowest BCUT2D eigenvalue weighted by molar-refractivity contribution is -0.147. The van der Waals surface area contributed by atoms with Gasteiger partial charge in [-0.3, -0.25) is 33.7 Å². The molecule has 0 fully saturated rings. The molecule has 1 aromatic carbocycles. The quantitative estimate of drug-likeness (QED) is 0.0518. The van der Waals surface area contributed by atoms with Gasteiger partial charge in [0.05, 0.1) is 0 Å². The van der Waals surface area contributed by atoms with Crippen LogP contribution >= 0.6 is 0 Å². The van der Waals surface area contributed by atoms with Crippen LogP contribution in [0.5, 0.6) is 0 Å². The number of benzene rings is 1. The molecule has 19 heteroatoms. The van der Waals surface area contributed by atoms with Crippen LogP contribution in [0.2, 0.25) is 0 Å². The minimum Gasteiger partial charge on any atom is -0.480 e. The van der Waals surface area contributed by atoms with Gasteiger partial charge in [-0.05, 0) is 42.4 Å². The number of ether oxygens (including phenoxy) is 2. The van der Waals surface area contributed by atoms with E-state index in [1.165, 1.54) is 12.1 Å². The van der Waals surface area contributed by atoms with Gasteiger partial charge in [-0.1, -0.05) is 46.8 Å². The molecule has 8 amide bonds. The highest BCUT2D eigenvalue weighted by Crippen LogP contribution is 2.16. The second-order valence-corrected chi connectivity index (χ2v) is 13.0. The van der Waals surface area contributed by atoms with Gasteiger partial charge in [0, 0.05) is 43.8 Å². The molecule has 54 heavy (non-hydrogen) atoms. The number of carbonyl (C=O) groups excluding carboxylic acids is 8. The Kier molecular flexibility index (Phi) is 17.6. The zero-order valence-electron chi connectivity index (χ0n) is 30.8. The number of hydrogen-bond acceptors (Lipinski definition) is 11. The molecule has 1 aliphatic heterocycles. The Balaban J connectivity index is 2.05. The average Bonchev–Trinajstić information content (AvgIpc) is 3.43. The predicted molar refractivity (Wildman–Crippen MR) is 191 cm³/mol. The fourth-order valence-electron chi connectivity index (χ4n) is 5.04. The number of primary amides is 1. The smallest absolute Gasteiger partial charge is 0.480 e. The van der Waals surface area contributed by atoms with Crippen molar-refractivity contribution in [3.63, 3.8) is 0 Å². The third kappa shape index (κ3) is 14.5. The first-order valence-electron chi connectivity index (χ1n) is 17.3. The van der Waals surface area contributed by atoms with E-state index in [9.17, 15) is 48.3 Å². The van der Waals surface area contributed by atoms with E-state index in [2.05, 4.69) is 26.6 Å². The van der Waals surface area contributed by atoms with Crippen molar-refractivity contribution >= 4 is 59.3 Å². The van der Waals surface area contributed by atoms with Gasteiger partial charge < -0.3 is 46.9 Å². The van der Waals surface area contributed by atoms with Crippen molar-refractivity contribution in [3.05, 3.63) is 42.0 Å². The van der Waals surface area contributed by atoms with E-state index in [1.54, 1.807) is 46.8 Å². The van der Waals surface area contributed by atoms with Gasteiger partial charge in [0.25, 0.3) is 11.8 Å². The lowest BCUT2D eigenvalue weighted by Crippen LogP contribution is -2.54. The van der Waals surface area contributed by atoms with Gasteiger partial charge in [-0.15, -0.1) is 0 Å². The summed E-state index contributed by atoms with van der Waals surface area (Å²) < 4.78 is 10.4. The van der Waals surface area contributed by atoms with Crippen molar-refractivity contribution in [3.8, 4) is 0 Å². The minimum absolute atomic E-state index is 0.0339. The first-order valence-corrected chi connectivity index (χ1v) is 17.3. The molecular formula is C35H49N7O12. The number of amides is 8. The van der Waals surface area contributed by atoms with E-state index in [-0.39, 0.29) is 45.4 Å². The van der Waals surface area contributed by atoms with E-state index in [1.807, 2.05) is 0 Å². The van der Waals surface area contributed by atoms with Crippen LogP contribution in [0.15, 0.2) is 36.4 Å². The molecule has 0 spiro atoms. The number of nitrogens with one attached hydrogen (secondary N) is 5. The topological polar surface area (TPSA) is 282 Å². The van der Waals surface area contributed by atoms with E-state index >= 15 is 0 Å². The van der Waals surface area contributed by atoms with Crippen LogP contribution in [-0.2, 0) is 49.6 Å². The van der Waals surface area contributed by atoms with Crippen LogP contribution in [-0.4, -0.2) is 101 Å². The molecule has 1 heterocycles. The Hall–Kier alpha value is -6.01. The average molecular weight is 760 g/mol. The van der Waals surface area contributed by atoms with Crippen LogP contribution in [0.1, 0.15) is 65.9 Å². The van der Waals surface area contributed by atoms with Gasteiger partial charge >= 0.3 is 18.2 Å². The van der Waals surface area contributed by atoms with E-state index in [0.717, 1.165) is 17.1 Å². The molecule has 0 aromatic heterocycles. The number of carboxylic acids is 1. The number of anilines is 1. The standard InChI is InChI=1S/C35H49N7O12/c1-6-24(43)40-29(33(49)50)30(20(4)5)54-35(52)53-18-21-9-11-22(12-10-21)38-31(47)23(8-7-16-37-34(36)51)39-32(48)28(19(2)3)41-25(44)15-17-42-26(45)13-14-27(42)46/h9-14,19-20,23,28-30H,6-8,15-18H2,1-5H3,(H,38,47)(H,39,48)(H,40,43)(H,41,44)(H,49,50)(H3,36,37,51). The summed E-state index contributed by atoms with van der Waals surface area (Å²) in [6, 6.07) is 1.64. The third-order valence-electron chi connectivity index (χ3n) is 8.03. The molecule has 1 aliphatic rings. The van der Waals surface area contributed by atoms with Gasteiger partial charge in [-0.2, -0.15) is 0 Å². The highest BCUT2D eigenvalue weighted by atomic mass is 16.7. The summed E-state index contributed by atoms with van der Waals surface area (Å²) in [7, 11) is 0. The maximum atomic E-state index is 13.4. The zero-order chi connectivity index (χ0) is 40.5. The summed E-state index contributed by atoms with van der Waals surface area (Å²) in [5, 5.41) is 22.3. The Morgan fingerprint density at radius 2 is 1.44 bits per heavy atom. The number of rotatable bonds is 21. The molecule has 8 N–H and O–H groups in total. The maximum Gasteiger partial charge on any atom is 0.508 e. The van der Waals surface area contributed by atoms with Gasteiger partial charge in [0.2, 0.25) is 23.6 Å². The van der Waals surface area contributed by atoms with Crippen molar-refractivity contribution in [2.24, 2.45) is 17.6 Å². The summed E-state index contributed by atoms with van der Waals surface area (Å²) in [5.41, 5.74) is 5.92. The molecule has 4 atom stereocenters. The van der Waals surface area contributed by atoms with E-state index < -0.39 is 89.7 Å². The first kappa shape index (κ1) is 44.2. The summed E-state index contributed by atoms with van der Waals surface area (Å²) in [6.45, 7) is 7.82. The lowest BCUT2D eigenvalue weighted by Gasteiger charge is -2.27. The van der Waals surface area contributed by atoms with Gasteiger partial charge in [0.1, 0.15) is 24.8 Å². The molecule has 0 radical (unpaired) electrons. The SMILES string of the molecule is CCC(=O)NC(C(=O)O)C(OC(=O)OCc1ccc(NC(=O)C(CCCNC(N)=O)NC(=O)C(NC(=O)CCN2C(=O)C=CC2=O)C(C)C)cc1)C(C)C. The number of carbonyl (C=O) groups is 9. The van der Waals surface area contributed by atoms with Crippen molar-refractivity contribution in [1.82, 2.24) is 26.2 Å². The highest BCUT2D eigenvalue weighted by molar-refractivity contribution is 6.13. The van der Waals surface area contributed by atoms with Gasteiger partial charge in [0.15, 0.2) is 6.04 Å². The lowest BCUT2D eigenvalue weighted by atomic mass is 9.99. The van der Waals surface area contributed by atoms with Crippen LogP contribution < -0.4 is 32.3 Å². The van der Waals surface area contributed by atoms with Crippen LogP contribution in [0, 0.1) is 11.8 Å². The fourth-order valence-corrected chi connectivity index (χ4v) is 5.04. The third-order valence-corrected chi connectivity index (χ3v) is 8.03. The molecular weight excluding hydrogens is 710 g/mol. The van der Waals surface area contributed by atoms with Crippen molar-refractivity contribution in [2.75, 3.05) is 18.4 Å². The number of imide groups is 1. The Bertz CT molecular complexity index is 1560. The highest BCUT2D eigenvalue weighted by Gasteiger charge is 2.35. The monoisotopic (exact) mass is 759 g/mol. The van der Waals surface area contributed by atoms with Crippen LogP contribution in [0.3, 0.4) is 0 Å². The molecule has 0 bridgehead atoms. The normalized spacial score (nSPS) is 14.5. The van der Waals surface area contributed by atoms with Crippen molar-refractivity contribution in [1.29, 1.82) is 0 Å². The molecule has 0 aliphatic carbocycles. The van der Waals surface area contributed by atoms with Gasteiger partial charge in [-0.25, -0.2) is 14.4 Å². The van der Waals surface area contributed by atoms with E-state index in [4.69, 9.17) is 15.2 Å². The second kappa shape index (κ2) is 21.5. The maximum absolute atomic E-state index is 13.4. The number of urea groups is 1. The van der Waals surface area contributed by atoms with Crippen LogP contribution in [0.25, 0.3) is 0 Å². The van der Waals surface area contributed by atoms with Crippen molar-refractivity contribution in [2.45, 2.75) is 91.1 Å². The summed E-state index contributed by atoms with van der Waals surface area (Å²) in [4.78, 5) is 111. The van der Waals surface area contributed by atoms with E-state index in [0.29, 0.717) is 11.3 Å². The fraction of sp³-hybridized carbons (Fsp3) is 0.514.